The molecule has 2 unspecified atom stereocenters. The molecule has 1 saturated heterocycles. The van der Waals surface area contributed by atoms with Gasteiger partial charge in [-0.1, -0.05) is 18.2 Å². The van der Waals surface area contributed by atoms with Gasteiger partial charge in [0.25, 0.3) is 0 Å². The summed E-state index contributed by atoms with van der Waals surface area (Å²) in [6, 6.07) is 9.38. The van der Waals surface area contributed by atoms with Crippen LogP contribution in [0.5, 0.6) is 0 Å². The lowest BCUT2D eigenvalue weighted by molar-refractivity contribution is 0.0344. The zero-order valence-electron chi connectivity index (χ0n) is 12.2. The van der Waals surface area contributed by atoms with Crippen molar-refractivity contribution in [2.45, 2.75) is 23.8 Å². The van der Waals surface area contributed by atoms with Crippen molar-refractivity contribution >= 4 is 11.8 Å². The Hall–Kier alpha value is -0.550. The summed E-state index contributed by atoms with van der Waals surface area (Å²) in [6.07, 6.45) is 0. The van der Waals surface area contributed by atoms with E-state index in [0.717, 1.165) is 39.4 Å². The highest BCUT2D eigenvalue weighted by atomic mass is 32.2. The summed E-state index contributed by atoms with van der Waals surface area (Å²) < 4.78 is 5.40. The Bertz CT molecular complexity index is 434. The van der Waals surface area contributed by atoms with E-state index in [9.17, 15) is 0 Å². The maximum absolute atomic E-state index is 5.40. The van der Waals surface area contributed by atoms with E-state index < -0.39 is 0 Å². The molecular formula is C16H24N2OS. The fraction of sp³-hybridized carbons (Fsp3) is 0.625. The second kappa shape index (κ2) is 6.94. The lowest BCUT2D eigenvalue weighted by atomic mass is 10.0. The van der Waals surface area contributed by atoms with Crippen molar-refractivity contribution in [2.75, 3.05) is 45.1 Å². The van der Waals surface area contributed by atoms with Crippen molar-refractivity contribution in [2.24, 2.45) is 0 Å². The van der Waals surface area contributed by atoms with Crippen LogP contribution in [0.2, 0.25) is 0 Å². The van der Waals surface area contributed by atoms with Gasteiger partial charge in [-0.25, -0.2) is 0 Å². The van der Waals surface area contributed by atoms with Gasteiger partial charge in [0.15, 0.2) is 0 Å². The van der Waals surface area contributed by atoms with Crippen molar-refractivity contribution in [3.05, 3.63) is 29.8 Å². The Morgan fingerprint density at radius 3 is 3.00 bits per heavy atom. The molecule has 0 radical (unpaired) electrons. The maximum Gasteiger partial charge on any atom is 0.0594 e. The number of morpholine rings is 1. The maximum atomic E-state index is 5.40. The van der Waals surface area contributed by atoms with Gasteiger partial charge in [0.2, 0.25) is 0 Å². The van der Waals surface area contributed by atoms with Gasteiger partial charge in [-0.3, -0.25) is 4.90 Å². The number of hydrogen-bond donors (Lipinski definition) is 1. The number of ether oxygens (including phenoxy) is 1. The fourth-order valence-corrected chi connectivity index (χ4v) is 4.23. The van der Waals surface area contributed by atoms with Gasteiger partial charge in [-0.15, -0.1) is 11.8 Å². The first kappa shape index (κ1) is 14.4. The molecule has 0 aromatic heterocycles. The summed E-state index contributed by atoms with van der Waals surface area (Å²) in [4.78, 5) is 3.97. The summed E-state index contributed by atoms with van der Waals surface area (Å²) in [5.41, 5.74) is 1.53. The van der Waals surface area contributed by atoms with E-state index in [1.165, 1.54) is 16.2 Å². The molecule has 110 valence electrons. The molecule has 0 amide bonds. The predicted molar refractivity (Wildman–Crippen MR) is 84.6 cm³/mol. The summed E-state index contributed by atoms with van der Waals surface area (Å²) in [5.74, 6) is 1.89. The van der Waals surface area contributed by atoms with E-state index in [1.54, 1.807) is 0 Å². The van der Waals surface area contributed by atoms with Gasteiger partial charge in [-0.2, -0.15) is 0 Å². The number of benzene rings is 1. The molecule has 1 aromatic rings. The standard InChI is InChI=1S/C16H24N2OS/c1-13(11-18-6-8-19-9-7-18)17-10-14-12-20-16-5-3-2-4-15(14)16/h2-5,13-14,17H,6-12H2,1H3. The highest BCUT2D eigenvalue weighted by Crippen LogP contribution is 2.38. The quantitative estimate of drug-likeness (QED) is 0.899. The molecule has 3 nitrogen and oxygen atoms in total. The Balaban J connectivity index is 1.45. The lowest BCUT2D eigenvalue weighted by Gasteiger charge is -2.29. The minimum absolute atomic E-state index is 0.547. The summed E-state index contributed by atoms with van der Waals surface area (Å²) in [7, 11) is 0. The predicted octanol–water partition coefficient (Wildman–Crippen LogP) is 2.19. The molecule has 20 heavy (non-hydrogen) atoms. The first-order valence-electron chi connectivity index (χ1n) is 7.58. The van der Waals surface area contributed by atoms with Crippen LogP contribution < -0.4 is 5.32 Å². The molecular weight excluding hydrogens is 268 g/mol. The molecule has 2 aliphatic heterocycles. The van der Waals surface area contributed by atoms with Gasteiger partial charge in [-0.05, 0) is 18.6 Å². The van der Waals surface area contributed by atoms with Crippen LogP contribution in [0.25, 0.3) is 0 Å². The molecule has 0 spiro atoms. The normalized spacial score (nSPS) is 24.6. The number of rotatable bonds is 5. The van der Waals surface area contributed by atoms with E-state index in [-0.39, 0.29) is 0 Å². The van der Waals surface area contributed by atoms with Gasteiger partial charge < -0.3 is 10.1 Å². The molecule has 1 fully saturated rings. The van der Waals surface area contributed by atoms with Crippen LogP contribution >= 0.6 is 11.8 Å². The number of fused-ring (bicyclic) bond motifs is 1. The van der Waals surface area contributed by atoms with Crippen molar-refractivity contribution in [1.82, 2.24) is 10.2 Å². The van der Waals surface area contributed by atoms with E-state index in [0.29, 0.717) is 12.0 Å². The molecule has 2 heterocycles. The first-order valence-corrected chi connectivity index (χ1v) is 8.56. The third kappa shape index (κ3) is 3.55. The van der Waals surface area contributed by atoms with E-state index in [2.05, 4.69) is 41.4 Å². The Kier molecular flexibility index (Phi) is 4.99. The summed E-state index contributed by atoms with van der Waals surface area (Å²) >= 11 is 2.00. The molecule has 3 rings (SSSR count). The van der Waals surface area contributed by atoms with Gasteiger partial charge >= 0.3 is 0 Å². The largest absolute Gasteiger partial charge is 0.379 e. The Morgan fingerprint density at radius 2 is 2.15 bits per heavy atom. The van der Waals surface area contributed by atoms with Crippen LogP contribution in [0, 0.1) is 0 Å². The zero-order chi connectivity index (χ0) is 13.8. The first-order chi connectivity index (χ1) is 9.83. The van der Waals surface area contributed by atoms with Crippen molar-refractivity contribution in [3.63, 3.8) is 0 Å². The molecule has 2 aliphatic rings. The van der Waals surface area contributed by atoms with Crippen LogP contribution in [0.3, 0.4) is 0 Å². The fourth-order valence-electron chi connectivity index (χ4n) is 2.98. The third-order valence-electron chi connectivity index (χ3n) is 4.15. The minimum Gasteiger partial charge on any atom is -0.379 e. The highest BCUT2D eigenvalue weighted by molar-refractivity contribution is 7.99. The van der Waals surface area contributed by atoms with Crippen molar-refractivity contribution < 1.29 is 4.74 Å². The summed E-state index contributed by atoms with van der Waals surface area (Å²) in [6.45, 7) is 8.45. The number of nitrogens with one attached hydrogen (secondary N) is 1. The minimum atomic E-state index is 0.547. The molecule has 2 atom stereocenters. The van der Waals surface area contributed by atoms with Crippen LogP contribution in [-0.4, -0.2) is 56.1 Å². The average Bonchev–Trinajstić information content (AvgIpc) is 2.89. The van der Waals surface area contributed by atoms with E-state index in [4.69, 9.17) is 4.74 Å². The summed E-state index contributed by atoms with van der Waals surface area (Å²) in [5, 5.41) is 3.72. The SMILES string of the molecule is CC(CN1CCOCC1)NCC1CSc2ccccc21. The van der Waals surface area contributed by atoms with Crippen LogP contribution in [0.1, 0.15) is 18.4 Å². The second-order valence-corrected chi connectivity index (χ2v) is 6.83. The van der Waals surface area contributed by atoms with Crippen molar-refractivity contribution in [3.8, 4) is 0 Å². The molecule has 1 N–H and O–H groups in total. The Morgan fingerprint density at radius 1 is 1.35 bits per heavy atom. The third-order valence-corrected chi connectivity index (χ3v) is 5.40. The molecule has 0 bridgehead atoms. The molecule has 0 saturated carbocycles. The average molecular weight is 292 g/mol. The lowest BCUT2D eigenvalue weighted by Crippen LogP contribution is -2.45. The van der Waals surface area contributed by atoms with Gasteiger partial charge in [0, 0.05) is 48.8 Å². The zero-order valence-corrected chi connectivity index (χ0v) is 13.0. The monoisotopic (exact) mass is 292 g/mol. The van der Waals surface area contributed by atoms with Gasteiger partial charge in [0.1, 0.15) is 0 Å². The molecule has 1 aromatic carbocycles. The number of hydrogen-bond acceptors (Lipinski definition) is 4. The van der Waals surface area contributed by atoms with Crippen LogP contribution in [-0.2, 0) is 4.74 Å². The Labute approximate surface area is 126 Å². The van der Waals surface area contributed by atoms with E-state index >= 15 is 0 Å². The topological polar surface area (TPSA) is 24.5 Å². The number of thioether (sulfide) groups is 1. The van der Waals surface area contributed by atoms with Crippen LogP contribution in [0.15, 0.2) is 29.2 Å². The number of nitrogens with zero attached hydrogens (tertiary/aromatic N) is 1. The highest BCUT2D eigenvalue weighted by Gasteiger charge is 2.23. The smallest absolute Gasteiger partial charge is 0.0594 e. The van der Waals surface area contributed by atoms with E-state index in [1.807, 2.05) is 11.8 Å². The molecule has 0 aliphatic carbocycles. The van der Waals surface area contributed by atoms with Gasteiger partial charge in [0.05, 0.1) is 13.2 Å². The van der Waals surface area contributed by atoms with Crippen molar-refractivity contribution in [1.29, 1.82) is 0 Å². The molecule has 4 heteroatoms. The van der Waals surface area contributed by atoms with Crippen LogP contribution in [0.4, 0.5) is 0 Å². The second-order valence-electron chi connectivity index (χ2n) is 5.77.